The van der Waals surface area contributed by atoms with Crippen molar-refractivity contribution in [3.05, 3.63) is 65.1 Å². The number of rotatable bonds is 1. The van der Waals surface area contributed by atoms with Crippen LogP contribution in [0.15, 0.2) is 47.0 Å². The Bertz CT molecular complexity index is 1300. The molecule has 0 bridgehead atoms. The van der Waals surface area contributed by atoms with Gasteiger partial charge >= 0.3 is 0 Å². The maximum absolute atomic E-state index is 14.6. The van der Waals surface area contributed by atoms with Gasteiger partial charge in [-0.1, -0.05) is 12.1 Å². The quantitative estimate of drug-likeness (QED) is 0.473. The highest BCUT2D eigenvalue weighted by Gasteiger charge is 2.22. The van der Waals surface area contributed by atoms with Gasteiger partial charge in [0, 0.05) is 26.5 Å². The summed E-state index contributed by atoms with van der Waals surface area (Å²) in [5.74, 6) is -0.785. The first-order valence-electron chi connectivity index (χ1n) is 9.26. The number of halogens is 1. The zero-order valence-electron chi connectivity index (χ0n) is 16.7. The third-order valence-electron chi connectivity index (χ3n) is 4.46. The fourth-order valence-electron chi connectivity index (χ4n) is 3.20. The number of aryl methyl sites for hydroxylation is 3. The Morgan fingerprint density at radius 3 is 2.72 bits per heavy atom. The summed E-state index contributed by atoms with van der Waals surface area (Å²) in [6.07, 6.45) is 1.30. The molecule has 0 saturated carbocycles. The Labute approximate surface area is 148 Å². The summed E-state index contributed by atoms with van der Waals surface area (Å²) in [4.78, 5) is 0. The maximum Gasteiger partial charge on any atom is 0.219 e. The molecule has 0 unspecified atom stereocenters. The topological polar surface area (TPSA) is 40.8 Å². The van der Waals surface area contributed by atoms with Gasteiger partial charge in [0.15, 0.2) is 6.20 Å². The summed E-state index contributed by atoms with van der Waals surface area (Å²) in [5.41, 5.74) is 3.36. The molecule has 4 heteroatoms. The largest absolute Gasteiger partial charge is 0.455 e. The summed E-state index contributed by atoms with van der Waals surface area (Å²) in [6.45, 7) is -0.646. The van der Waals surface area contributed by atoms with Crippen molar-refractivity contribution >= 4 is 21.9 Å². The van der Waals surface area contributed by atoms with Gasteiger partial charge in [0.05, 0.1) is 17.2 Å². The van der Waals surface area contributed by atoms with E-state index in [1.165, 1.54) is 12.3 Å². The second-order valence-electron chi connectivity index (χ2n) is 6.09. The van der Waals surface area contributed by atoms with E-state index >= 15 is 0 Å². The van der Waals surface area contributed by atoms with Crippen LogP contribution < -0.4 is 4.57 Å². The normalized spacial score (nSPS) is 13.4. The molecule has 0 aliphatic heterocycles. The second kappa shape index (κ2) is 5.42. The number of pyridine rings is 1. The number of hydrogen-bond acceptors (Lipinski definition) is 2. The smallest absolute Gasteiger partial charge is 0.219 e. The highest BCUT2D eigenvalue weighted by atomic mass is 19.1. The molecule has 2 aromatic heterocycles. The molecular formula is C21H16FN2O+. The van der Waals surface area contributed by atoms with Crippen molar-refractivity contribution in [2.45, 2.75) is 13.8 Å². The van der Waals surface area contributed by atoms with Crippen LogP contribution in [0.25, 0.3) is 33.2 Å². The van der Waals surface area contributed by atoms with Gasteiger partial charge in [-0.3, -0.25) is 0 Å². The van der Waals surface area contributed by atoms with Crippen molar-refractivity contribution in [3.63, 3.8) is 0 Å². The van der Waals surface area contributed by atoms with Crippen molar-refractivity contribution in [2.24, 2.45) is 7.05 Å². The van der Waals surface area contributed by atoms with Gasteiger partial charge in [-0.15, -0.1) is 0 Å². The van der Waals surface area contributed by atoms with Crippen molar-refractivity contribution in [2.75, 3.05) is 0 Å². The third kappa shape index (κ3) is 2.28. The van der Waals surface area contributed by atoms with Gasteiger partial charge in [-0.25, -0.2) is 8.96 Å². The Balaban J connectivity index is 2.05. The first-order valence-corrected chi connectivity index (χ1v) is 7.76. The molecule has 122 valence electrons. The molecule has 3 nitrogen and oxygen atoms in total. The van der Waals surface area contributed by atoms with Crippen LogP contribution in [0.1, 0.15) is 20.8 Å². The molecule has 2 aromatic carbocycles. The summed E-state index contributed by atoms with van der Waals surface area (Å²) in [6, 6.07) is 12.4. The van der Waals surface area contributed by atoms with E-state index in [-0.39, 0.29) is 5.56 Å². The predicted octanol–water partition coefficient (Wildman–Crippen LogP) is 4.71. The van der Waals surface area contributed by atoms with Gasteiger partial charge in [0.1, 0.15) is 24.0 Å². The number of nitrogens with zero attached hydrogens (tertiary/aromatic N) is 2. The first-order chi connectivity index (χ1) is 13.2. The van der Waals surface area contributed by atoms with E-state index in [2.05, 4.69) is 6.07 Å². The highest BCUT2D eigenvalue weighted by Crippen LogP contribution is 2.37. The van der Waals surface area contributed by atoms with Crippen LogP contribution in [-0.2, 0) is 7.05 Å². The number of hydrogen-bond donors (Lipinski definition) is 0. The predicted molar refractivity (Wildman–Crippen MR) is 94.5 cm³/mol. The van der Waals surface area contributed by atoms with Crippen LogP contribution in [0, 0.1) is 30.9 Å². The van der Waals surface area contributed by atoms with E-state index in [1.807, 2.05) is 25.1 Å². The van der Waals surface area contributed by atoms with Crippen molar-refractivity contribution in [1.82, 2.24) is 0 Å². The van der Waals surface area contributed by atoms with Gasteiger partial charge in [-0.05, 0) is 37.5 Å². The molecular weight excluding hydrogens is 315 g/mol. The minimum Gasteiger partial charge on any atom is -0.455 e. The molecule has 0 atom stereocenters. The SMILES string of the molecule is [2H]C([2H])([2H])c1c[n+](C)c(-c2c(C)ccc3c2oc2cc(C#N)ccc23)cc1F. The standard InChI is InChI=1S/C21H16FN2O/c1-12-4-6-16-15-7-5-14(10-23)8-19(15)25-21(16)20(12)18-9-17(22)13(2)11-24(18)3/h4-9,11H,1-3H3/q+1/i2D3. The van der Waals surface area contributed by atoms with E-state index in [4.69, 9.17) is 13.8 Å². The van der Waals surface area contributed by atoms with Crippen LogP contribution >= 0.6 is 0 Å². The van der Waals surface area contributed by atoms with Crippen molar-refractivity contribution < 1.29 is 17.5 Å². The molecule has 0 fully saturated rings. The van der Waals surface area contributed by atoms with Crippen LogP contribution in [-0.4, -0.2) is 0 Å². The van der Waals surface area contributed by atoms with Crippen LogP contribution in [0.3, 0.4) is 0 Å². The minimum atomic E-state index is -2.53. The van der Waals surface area contributed by atoms with E-state index in [1.54, 1.807) is 23.7 Å². The lowest BCUT2D eigenvalue weighted by Crippen LogP contribution is -2.31. The van der Waals surface area contributed by atoms with Gasteiger partial charge in [0.2, 0.25) is 5.69 Å². The fraction of sp³-hybridized carbons (Fsp3) is 0.143. The molecule has 0 spiro atoms. The number of furan rings is 1. The van der Waals surface area contributed by atoms with Gasteiger partial charge in [-0.2, -0.15) is 5.26 Å². The molecule has 4 aromatic rings. The van der Waals surface area contributed by atoms with E-state index < -0.39 is 12.7 Å². The Hall–Kier alpha value is -3.19. The Kier molecular flexibility index (Phi) is 2.65. The maximum atomic E-state index is 14.6. The molecule has 0 radical (unpaired) electrons. The number of aromatic nitrogens is 1. The van der Waals surface area contributed by atoms with Crippen LogP contribution in [0.2, 0.25) is 0 Å². The molecule has 0 aliphatic carbocycles. The monoisotopic (exact) mass is 334 g/mol. The average molecular weight is 334 g/mol. The summed E-state index contributed by atoms with van der Waals surface area (Å²) < 4.78 is 44.8. The molecule has 0 N–H and O–H groups in total. The van der Waals surface area contributed by atoms with Crippen LogP contribution in [0.4, 0.5) is 4.39 Å². The van der Waals surface area contributed by atoms with E-state index in [0.717, 1.165) is 16.3 Å². The van der Waals surface area contributed by atoms with Gasteiger partial charge < -0.3 is 4.42 Å². The summed E-state index contributed by atoms with van der Waals surface area (Å²) in [7, 11) is 1.68. The van der Waals surface area contributed by atoms with E-state index in [9.17, 15) is 4.39 Å². The summed E-state index contributed by atoms with van der Waals surface area (Å²) >= 11 is 0. The minimum absolute atomic E-state index is 0.327. The van der Waals surface area contributed by atoms with Gasteiger partial charge in [0.25, 0.3) is 0 Å². The number of fused-ring (bicyclic) bond motifs is 3. The first kappa shape index (κ1) is 12.2. The zero-order chi connectivity index (χ0) is 20.2. The lowest BCUT2D eigenvalue weighted by atomic mass is 10.00. The molecule has 0 amide bonds. The van der Waals surface area contributed by atoms with Crippen molar-refractivity contribution in [1.29, 1.82) is 5.26 Å². The number of benzene rings is 2. The lowest BCUT2D eigenvalue weighted by molar-refractivity contribution is -0.661. The zero-order valence-corrected chi connectivity index (χ0v) is 13.7. The second-order valence-corrected chi connectivity index (χ2v) is 6.09. The molecule has 2 heterocycles. The summed E-state index contributed by atoms with van der Waals surface area (Å²) in [5, 5.41) is 10.8. The lowest BCUT2D eigenvalue weighted by Gasteiger charge is -2.06. The average Bonchev–Trinajstić information content (AvgIpc) is 3.00. The number of nitriles is 1. The van der Waals surface area contributed by atoms with E-state index in [0.29, 0.717) is 28.0 Å². The molecule has 4 rings (SSSR count). The third-order valence-corrected chi connectivity index (χ3v) is 4.46. The molecule has 25 heavy (non-hydrogen) atoms. The molecule has 0 aliphatic rings. The molecule has 0 saturated heterocycles. The van der Waals surface area contributed by atoms with Crippen LogP contribution in [0.5, 0.6) is 0 Å². The Morgan fingerprint density at radius 2 is 1.96 bits per heavy atom. The fourth-order valence-corrected chi connectivity index (χ4v) is 3.20. The highest BCUT2D eigenvalue weighted by molar-refractivity contribution is 6.09. The Morgan fingerprint density at radius 1 is 1.16 bits per heavy atom. The van der Waals surface area contributed by atoms with Crippen molar-refractivity contribution in [3.8, 4) is 17.3 Å².